The second kappa shape index (κ2) is 7.67. The minimum absolute atomic E-state index is 0.0720. The summed E-state index contributed by atoms with van der Waals surface area (Å²) in [5.74, 6) is 0.699. The van der Waals surface area contributed by atoms with Gasteiger partial charge in [0, 0.05) is 36.0 Å². The number of hydrogen-bond donors (Lipinski definition) is 1. The van der Waals surface area contributed by atoms with Crippen molar-refractivity contribution < 1.29 is 0 Å². The Labute approximate surface area is 173 Å². The normalized spacial score (nSPS) is 10.9. The molecule has 0 aliphatic heterocycles. The molecule has 0 spiro atoms. The van der Waals surface area contributed by atoms with Gasteiger partial charge in [-0.3, -0.25) is 14.3 Å². The number of nitrogens with zero attached hydrogens (tertiary/aromatic N) is 4. The number of anilines is 2. The van der Waals surface area contributed by atoms with Crippen LogP contribution in [0, 0.1) is 0 Å². The average molecular weight is 393 g/mol. The predicted molar refractivity (Wildman–Crippen MR) is 118 cm³/mol. The largest absolute Gasteiger partial charge is 0.341 e. The molecule has 1 N–H and O–H groups in total. The molecule has 3 heterocycles. The smallest absolute Gasteiger partial charge is 0.193 e. The molecule has 3 aromatic heterocycles. The highest BCUT2D eigenvalue weighted by atomic mass is 16.1. The Hall–Kier alpha value is -4.19. The van der Waals surface area contributed by atoms with Crippen molar-refractivity contribution in [1.29, 1.82) is 0 Å². The predicted octanol–water partition coefficient (Wildman–Crippen LogP) is 4.37. The molecule has 5 rings (SSSR count). The van der Waals surface area contributed by atoms with Gasteiger partial charge in [-0.05, 0) is 30.3 Å². The number of pyridine rings is 2. The first-order chi connectivity index (χ1) is 14.8. The molecule has 0 unspecified atom stereocenters. The lowest BCUT2D eigenvalue weighted by Gasteiger charge is -2.19. The Bertz CT molecular complexity index is 1340. The minimum atomic E-state index is -0.0720. The number of benzene rings is 2. The molecule has 0 atom stereocenters. The SMILES string of the molecule is O=c1cc(Nc2ccccc2)n(-c2ccccc2)c2cc(Cn3ccnc3)ncc12. The summed E-state index contributed by atoms with van der Waals surface area (Å²) in [6.07, 6.45) is 7.05. The molecule has 146 valence electrons. The molecular weight excluding hydrogens is 374 g/mol. The first-order valence-corrected chi connectivity index (χ1v) is 9.66. The Morgan fingerprint density at radius 1 is 0.933 bits per heavy atom. The fraction of sp³-hybridized carbons (Fsp3) is 0.0417. The molecule has 6 nitrogen and oxygen atoms in total. The van der Waals surface area contributed by atoms with Gasteiger partial charge in [-0.25, -0.2) is 4.98 Å². The molecule has 0 saturated carbocycles. The molecule has 0 aliphatic carbocycles. The monoisotopic (exact) mass is 393 g/mol. The Morgan fingerprint density at radius 2 is 1.70 bits per heavy atom. The number of nitrogens with one attached hydrogen (secondary N) is 1. The maximum atomic E-state index is 12.9. The molecule has 0 aliphatic rings. The van der Waals surface area contributed by atoms with Gasteiger partial charge in [0.15, 0.2) is 5.43 Å². The van der Waals surface area contributed by atoms with E-state index in [-0.39, 0.29) is 5.43 Å². The van der Waals surface area contributed by atoms with Crippen molar-refractivity contribution in [1.82, 2.24) is 19.1 Å². The molecule has 30 heavy (non-hydrogen) atoms. The number of hydrogen-bond acceptors (Lipinski definition) is 4. The van der Waals surface area contributed by atoms with Crippen molar-refractivity contribution in [2.24, 2.45) is 0 Å². The summed E-state index contributed by atoms with van der Waals surface area (Å²) >= 11 is 0. The zero-order chi connectivity index (χ0) is 20.3. The summed E-state index contributed by atoms with van der Waals surface area (Å²) in [7, 11) is 0. The van der Waals surface area contributed by atoms with Gasteiger partial charge < -0.3 is 9.88 Å². The summed E-state index contributed by atoms with van der Waals surface area (Å²) in [6.45, 7) is 0.579. The third-order valence-electron chi connectivity index (χ3n) is 4.92. The van der Waals surface area contributed by atoms with Crippen LogP contribution in [0.1, 0.15) is 5.69 Å². The molecule has 5 aromatic rings. The van der Waals surface area contributed by atoms with E-state index < -0.39 is 0 Å². The maximum absolute atomic E-state index is 12.9. The van der Waals surface area contributed by atoms with Crippen molar-refractivity contribution >= 4 is 22.4 Å². The van der Waals surface area contributed by atoms with Crippen LogP contribution in [0.4, 0.5) is 11.5 Å². The third-order valence-corrected chi connectivity index (χ3v) is 4.92. The summed E-state index contributed by atoms with van der Waals surface area (Å²) < 4.78 is 4.01. The Kier molecular flexibility index (Phi) is 4.57. The number of rotatable bonds is 5. The van der Waals surface area contributed by atoms with Crippen LogP contribution in [0.3, 0.4) is 0 Å². The van der Waals surface area contributed by atoms with E-state index in [1.54, 1.807) is 24.8 Å². The van der Waals surface area contributed by atoms with Gasteiger partial charge in [-0.2, -0.15) is 0 Å². The van der Waals surface area contributed by atoms with Crippen LogP contribution >= 0.6 is 0 Å². The minimum Gasteiger partial charge on any atom is -0.341 e. The van der Waals surface area contributed by atoms with Crippen LogP contribution in [-0.4, -0.2) is 19.1 Å². The van der Waals surface area contributed by atoms with Crippen LogP contribution in [0.15, 0.2) is 103 Å². The van der Waals surface area contributed by atoms with Crippen molar-refractivity contribution in [3.63, 3.8) is 0 Å². The highest BCUT2D eigenvalue weighted by molar-refractivity contribution is 5.83. The van der Waals surface area contributed by atoms with Gasteiger partial charge in [-0.1, -0.05) is 36.4 Å². The van der Waals surface area contributed by atoms with Crippen LogP contribution in [0.25, 0.3) is 16.6 Å². The fourth-order valence-electron chi connectivity index (χ4n) is 3.53. The Balaban J connectivity index is 1.73. The van der Waals surface area contributed by atoms with Gasteiger partial charge in [-0.15, -0.1) is 0 Å². The second-order valence-electron chi connectivity index (χ2n) is 6.98. The highest BCUT2D eigenvalue weighted by Crippen LogP contribution is 2.25. The van der Waals surface area contributed by atoms with Crippen LogP contribution in [0.2, 0.25) is 0 Å². The molecule has 0 fully saturated rings. The maximum Gasteiger partial charge on any atom is 0.193 e. The van der Waals surface area contributed by atoms with Gasteiger partial charge in [0.1, 0.15) is 5.82 Å². The van der Waals surface area contributed by atoms with Gasteiger partial charge in [0.25, 0.3) is 0 Å². The molecule has 0 saturated heterocycles. The van der Waals surface area contributed by atoms with Gasteiger partial charge in [0.2, 0.25) is 0 Å². The third kappa shape index (κ3) is 3.46. The van der Waals surface area contributed by atoms with E-state index in [0.717, 1.165) is 22.6 Å². The number of para-hydroxylation sites is 2. The Morgan fingerprint density at radius 3 is 2.43 bits per heavy atom. The molecule has 0 amide bonds. The van der Waals surface area contributed by atoms with Crippen molar-refractivity contribution in [3.8, 4) is 5.69 Å². The number of fused-ring (bicyclic) bond motifs is 1. The van der Waals surface area contributed by atoms with Crippen molar-refractivity contribution in [2.75, 3.05) is 5.32 Å². The van der Waals surface area contributed by atoms with Crippen molar-refractivity contribution in [2.45, 2.75) is 6.54 Å². The quantitative estimate of drug-likeness (QED) is 0.481. The van der Waals surface area contributed by atoms with E-state index in [4.69, 9.17) is 0 Å². The van der Waals surface area contributed by atoms with Crippen LogP contribution in [-0.2, 0) is 6.54 Å². The lowest BCUT2D eigenvalue weighted by Crippen LogP contribution is -2.13. The first-order valence-electron chi connectivity index (χ1n) is 9.66. The second-order valence-corrected chi connectivity index (χ2v) is 6.98. The van der Waals surface area contributed by atoms with E-state index in [0.29, 0.717) is 17.7 Å². The van der Waals surface area contributed by atoms with Gasteiger partial charge >= 0.3 is 0 Å². The summed E-state index contributed by atoms with van der Waals surface area (Å²) in [6, 6.07) is 23.4. The van der Waals surface area contributed by atoms with Crippen LogP contribution < -0.4 is 10.7 Å². The summed E-state index contributed by atoms with van der Waals surface area (Å²) in [4.78, 5) is 21.5. The highest BCUT2D eigenvalue weighted by Gasteiger charge is 2.13. The molecule has 0 radical (unpaired) electrons. The van der Waals surface area contributed by atoms with E-state index in [9.17, 15) is 4.79 Å². The summed E-state index contributed by atoms with van der Waals surface area (Å²) in [5.41, 5.74) is 3.45. The number of aromatic nitrogens is 4. The van der Waals surface area contributed by atoms with Crippen molar-refractivity contribution in [3.05, 3.63) is 114 Å². The van der Waals surface area contributed by atoms with E-state index in [1.807, 2.05) is 77.5 Å². The molecular formula is C24H19N5O. The van der Waals surface area contributed by atoms with Gasteiger partial charge in [0.05, 0.1) is 29.5 Å². The lowest BCUT2D eigenvalue weighted by atomic mass is 10.2. The molecule has 6 heteroatoms. The summed E-state index contributed by atoms with van der Waals surface area (Å²) in [5, 5.41) is 3.97. The standard InChI is InChI=1S/C24H19N5O/c30-23-14-24(27-18-7-3-1-4-8-18)29(20-9-5-2-6-10-20)22-13-19(26-15-21(22)23)16-28-12-11-25-17-28/h1-15,17,27H,16H2. The average Bonchev–Trinajstić information content (AvgIpc) is 3.28. The lowest BCUT2D eigenvalue weighted by molar-refractivity contribution is 0.774. The van der Waals surface area contributed by atoms with E-state index in [1.165, 1.54) is 0 Å². The fourth-order valence-corrected chi connectivity index (χ4v) is 3.53. The number of imidazole rings is 1. The van der Waals surface area contributed by atoms with E-state index >= 15 is 0 Å². The molecule has 0 bridgehead atoms. The molecule has 2 aromatic carbocycles. The first kappa shape index (κ1) is 17.9. The zero-order valence-electron chi connectivity index (χ0n) is 16.1. The zero-order valence-corrected chi connectivity index (χ0v) is 16.1. The van der Waals surface area contributed by atoms with E-state index in [2.05, 4.69) is 19.9 Å². The van der Waals surface area contributed by atoms with Crippen LogP contribution in [0.5, 0.6) is 0 Å². The topological polar surface area (TPSA) is 64.7 Å².